The van der Waals surface area contributed by atoms with Gasteiger partial charge in [-0.3, -0.25) is 4.79 Å². The minimum Gasteiger partial charge on any atom is -0.334 e. The van der Waals surface area contributed by atoms with Gasteiger partial charge < -0.3 is 4.90 Å². The van der Waals surface area contributed by atoms with E-state index in [-0.39, 0.29) is 11.8 Å². The maximum atomic E-state index is 11.9. The lowest BCUT2D eigenvalue weighted by atomic mass is 9.91. The van der Waals surface area contributed by atoms with Crippen molar-refractivity contribution in [2.24, 2.45) is 0 Å². The second-order valence-corrected chi connectivity index (χ2v) is 5.64. The van der Waals surface area contributed by atoms with E-state index >= 15 is 0 Å². The summed E-state index contributed by atoms with van der Waals surface area (Å²) in [7, 11) is 0. The predicted molar refractivity (Wildman–Crippen MR) is 78.2 cm³/mol. The van der Waals surface area contributed by atoms with Crippen LogP contribution in [0.5, 0.6) is 0 Å². The van der Waals surface area contributed by atoms with E-state index < -0.39 is 0 Å². The van der Waals surface area contributed by atoms with Gasteiger partial charge in [0.05, 0.1) is 0 Å². The first-order valence-corrected chi connectivity index (χ1v) is 7.20. The maximum Gasteiger partial charge on any atom is 0.246 e. The molecule has 1 atom stereocenters. The lowest BCUT2D eigenvalue weighted by molar-refractivity contribution is -0.127. The fourth-order valence-electron chi connectivity index (χ4n) is 2.60. The summed E-state index contributed by atoms with van der Waals surface area (Å²) in [6, 6.07) is 12.5. The average molecular weight is 269 g/mol. The van der Waals surface area contributed by atoms with Gasteiger partial charge >= 0.3 is 0 Å². The van der Waals surface area contributed by atoms with Gasteiger partial charge in [0, 0.05) is 23.9 Å². The van der Waals surface area contributed by atoms with Gasteiger partial charge in [0.2, 0.25) is 5.91 Å². The molecule has 0 unspecified atom stereocenters. The van der Waals surface area contributed by atoms with Gasteiger partial charge in [0.1, 0.15) is 0 Å². The minimum atomic E-state index is 0.0118. The number of rotatable bonds is 2. The van der Waals surface area contributed by atoms with Crippen LogP contribution in [0.2, 0.25) is 0 Å². The molecule has 0 radical (unpaired) electrons. The number of nitrogens with zero attached hydrogens (tertiary/aromatic N) is 1. The summed E-state index contributed by atoms with van der Waals surface area (Å²) in [5, 5.41) is 2.11. The van der Waals surface area contributed by atoms with Crippen LogP contribution in [0.4, 0.5) is 0 Å². The first-order chi connectivity index (χ1) is 9.29. The molecule has 0 saturated heterocycles. The molecule has 3 heteroatoms. The third-order valence-electron chi connectivity index (χ3n) is 3.55. The second-order valence-electron chi connectivity index (χ2n) is 4.70. The molecule has 2 aromatic rings. The standard InChI is InChI=1S/C16H15NOS/c1-2-15(18)17-10-13-8-9-19-16(13)14(11-17)12-6-4-3-5-7-12/h2-9,14H,1,10-11H2/t14-/m0/s1. The second kappa shape index (κ2) is 5.02. The number of carbonyl (C=O) groups excluding carboxylic acids is 1. The van der Waals surface area contributed by atoms with E-state index in [2.05, 4.69) is 42.3 Å². The Bertz CT molecular complexity index is 602. The summed E-state index contributed by atoms with van der Waals surface area (Å²) < 4.78 is 0. The van der Waals surface area contributed by atoms with Crippen LogP contribution in [0.15, 0.2) is 54.4 Å². The molecule has 0 fully saturated rings. The molecule has 0 saturated carbocycles. The molecule has 2 nitrogen and oxygen atoms in total. The SMILES string of the molecule is C=CC(=O)N1Cc2ccsc2[C@H](c2ccccc2)C1. The molecule has 96 valence electrons. The number of carbonyl (C=O) groups is 1. The van der Waals surface area contributed by atoms with E-state index in [0.29, 0.717) is 6.54 Å². The first kappa shape index (κ1) is 12.2. The van der Waals surface area contributed by atoms with Crippen LogP contribution in [0, 0.1) is 0 Å². The predicted octanol–water partition coefficient (Wildman–Crippen LogP) is 3.41. The quantitative estimate of drug-likeness (QED) is 0.765. The van der Waals surface area contributed by atoms with Crippen LogP contribution in [0.1, 0.15) is 21.9 Å². The number of hydrogen-bond donors (Lipinski definition) is 0. The van der Waals surface area contributed by atoms with Gasteiger partial charge in [-0.05, 0) is 28.6 Å². The number of hydrogen-bond acceptors (Lipinski definition) is 2. The van der Waals surface area contributed by atoms with E-state index in [9.17, 15) is 4.79 Å². The number of benzene rings is 1. The van der Waals surface area contributed by atoms with Crippen LogP contribution in [-0.4, -0.2) is 17.4 Å². The molecule has 1 aliphatic rings. The van der Waals surface area contributed by atoms with Gasteiger partial charge in [-0.25, -0.2) is 0 Å². The summed E-state index contributed by atoms with van der Waals surface area (Å²) in [6.45, 7) is 5.03. The van der Waals surface area contributed by atoms with E-state index in [0.717, 1.165) is 6.54 Å². The van der Waals surface area contributed by atoms with Crippen molar-refractivity contribution in [3.63, 3.8) is 0 Å². The smallest absolute Gasteiger partial charge is 0.246 e. The van der Waals surface area contributed by atoms with Crippen LogP contribution in [0.3, 0.4) is 0 Å². The van der Waals surface area contributed by atoms with Crippen LogP contribution in [-0.2, 0) is 11.3 Å². The molecule has 0 aliphatic carbocycles. The fraction of sp³-hybridized carbons (Fsp3) is 0.188. The van der Waals surface area contributed by atoms with Crippen molar-refractivity contribution >= 4 is 17.2 Å². The van der Waals surface area contributed by atoms with Crippen molar-refractivity contribution in [1.29, 1.82) is 0 Å². The van der Waals surface area contributed by atoms with Crippen molar-refractivity contribution in [3.05, 3.63) is 70.4 Å². The fourth-order valence-corrected chi connectivity index (χ4v) is 3.63. The summed E-state index contributed by atoms with van der Waals surface area (Å²) in [4.78, 5) is 15.1. The highest BCUT2D eigenvalue weighted by molar-refractivity contribution is 7.10. The monoisotopic (exact) mass is 269 g/mol. The summed E-state index contributed by atoms with van der Waals surface area (Å²) in [5.41, 5.74) is 2.54. The Morgan fingerprint density at radius 1 is 1.32 bits per heavy atom. The third kappa shape index (κ3) is 2.22. The van der Waals surface area contributed by atoms with Gasteiger partial charge in [-0.1, -0.05) is 36.9 Å². The molecule has 1 aliphatic heterocycles. The highest BCUT2D eigenvalue weighted by Gasteiger charge is 2.29. The molecule has 0 spiro atoms. The molecule has 0 N–H and O–H groups in total. The molecule has 19 heavy (non-hydrogen) atoms. The Labute approximate surface area is 117 Å². The van der Waals surface area contributed by atoms with E-state index in [1.165, 1.54) is 22.1 Å². The van der Waals surface area contributed by atoms with E-state index in [1.54, 1.807) is 11.3 Å². The van der Waals surface area contributed by atoms with Crippen molar-refractivity contribution in [1.82, 2.24) is 4.90 Å². The topological polar surface area (TPSA) is 20.3 Å². The van der Waals surface area contributed by atoms with Crippen molar-refractivity contribution in [2.45, 2.75) is 12.5 Å². The minimum absolute atomic E-state index is 0.0118. The summed E-state index contributed by atoms with van der Waals surface area (Å²) in [5.74, 6) is 0.298. The summed E-state index contributed by atoms with van der Waals surface area (Å²) in [6.07, 6.45) is 1.40. The molecule has 1 aromatic carbocycles. The Hall–Kier alpha value is -1.87. The van der Waals surface area contributed by atoms with Gasteiger partial charge in [0.15, 0.2) is 0 Å². The van der Waals surface area contributed by atoms with Crippen molar-refractivity contribution < 1.29 is 4.79 Å². The maximum absolute atomic E-state index is 11.9. The van der Waals surface area contributed by atoms with Crippen LogP contribution >= 0.6 is 11.3 Å². The average Bonchev–Trinajstić information content (AvgIpc) is 2.94. The molecule has 1 amide bonds. The Morgan fingerprint density at radius 2 is 2.11 bits per heavy atom. The Balaban J connectivity index is 2.00. The third-order valence-corrected chi connectivity index (χ3v) is 4.62. The molecular weight excluding hydrogens is 254 g/mol. The Kier molecular flexibility index (Phi) is 3.22. The van der Waals surface area contributed by atoms with Crippen LogP contribution in [0.25, 0.3) is 0 Å². The first-order valence-electron chi connectivity index (χ1n) is 6.32. The number of fused-ring (bicyclic) bond motifs is 1. The van der Waals surface area contributed by atoms with E-state index in [4.69, 9.17) is 0 Å². The van der Waals surface area contributed by atoms with Gasteiger partial charge in [-0.15, -0.1) is 11.3 Å². The zero-order valence-corrected chi connectivity index (χ0v) is 11.4. The largest absolute Gasteiger partial charge is 0.334 e. The van der Waals surface area contributed by atoms with Gasteiger partial charge in [-0.2, -0.15) is 0 Å². The summed E-state index contributed by atoms with van der Waals surface area (Å²) >= 11 is 1.79. The zero-order valence-electron chi connectivity index (χ0n) is 10.6. The van der Waals surface area contributed by atoms with Gasteiger partial charge in [0.25, 0.3) is 0 Å². The van der Waals surface area contributed by atoms with E-state index in [1.807, 2.05) is 11.0 Å². The molecule has 0 bridgehead atoms. The number of amides is 1. The normalized spacial score (nSPS) is 17.9. The molecule has 2 heterocycles. The lowest BCUT2D eigenvalue weighted by Crippen LogP contribution is -2.36. The lowest BCUT2D eigenvalue weighted by Gasteiger charge is -2.32. The highest BCUT2D eigenvalue weighted by Crippen LogP contribution is 2.36. The molecule has 1 aromatic heterocycles. The van der Waals surface area contributed by atoms with Crippen molar-refractivity contribution in [2.75, 3.05) is 6.54 Å². The highest BCUT2D eigenvalue weighted by atomic mass is 32.1. The Morgan fingerprint density at radius 3 is 2.84 bits per heavy atom. The van der Waals surface area contributed by atoms with Crippen LogP contribution < -0.4 is 0 Å². The van der Waals surface area contributed by atoms with Crippen molar-refractivity contribution in [3.8, 4) is 0 Å². The molecular formula is C16H15NOS. The molecule has 3 rings (SSSR count). The number of thiophene rings is 1. The zero-order chi connectivity index (χ0) is 13.2.